The smallest absolute Gasteiger partial charge is 0.385 e. The van der Waals surface area contributed by atoms with Crippen molar-refractivity contribution in [2.45, 2.75) is 19.5 Å². The van der Waals surface area contributed by atoms with E-state index in [1.807, 2.05) is 6.92 Å². The van der Waals surface area contributed by atoms with Gasteiger partial charge in [0.15, 0.2) is 0 Å². The maximum atomic E-state index is 12.8. The SMILES string of the molecule is Cc1ncsc1CCNc1ccc(Br)c(C(F)(F)F)c1. The number of alkyl halides is 3. The van der Waals surface area contributed by atoms with Crippen molar-refractivity contribution in [3.63, 3.8) is 0 Å². The summed E-state index contributed by atoms with van der Waals surface area (Å²) in [6.07, 6.45) is -3.61. The third kappa shape index (κ3) is 3.73. The Labute approximate surface area is 127 Å². The van der Waals surface area contributed by atoms with Crippen molar-refractivity contribution in [2.24, 2.45) is 0 Å². The first-order valence-corrected chi connectivity index (χ1v) is 7.55. The normalized spacial score (nSPS) is 11.7. The molecule has 0 unspecified atom stereocenters. The lowest BCUT2D eigenvalue weighted by molar-refractivity contribution is -0.138. The van der Waals surface area contributed by atoms with Gasteiger partial charge in [-0.1, -0.05) is 15.9 Å². The molecule has 1 N–H and O–H groups in total. The molecule has 0 saturated carbocycles. The summed E-state index contributed by atoms with van der Waals surface area (Å²) in [6, 6.07) is 4.14. The molecule has 0 bridgehead atoms. The fourth-order valence-corrected chi connectivity index (χ4v) is 2.99. The monoisotopic (exact) mass is 364 g/mol. The van der Waals surface area contributed by atoms with Gasteiger partial charge in [-0.3, -0.25) is 0 Å². The van der Waals surface area contributed by atoms with Crippen LogP contribution in [0.4, 0.5) is 18.9 Å². The molecule has 0 atom stereocenters. The van der Waals surface area contributed by atoms with E-state index in [0.717, 1.165) is 23.1 Å². The molecule has 0 radical (unpaired) electrons. The molecule has 2 nitrogen and oxygen atoms in total. The van der Waals surface area contributed by atoms with Gasteiger partial charge in [0.1, 0.15) is 0 Å². The molecule has 0 spiro atoms. The third-order valence-corrected chi connectivity index (χ3v) is 4.48. The Kier molecular flexibility index (Phi) is 4.70. The summed E-state index contributed by atoms with van der Waals surface area (Å²) in [4.78, 5) is 5.28. The Hall–Kier alpha value is -1.08. The number of rotatable bonds is 4. The molecule has 108 valence electrons. The average Bonchev–Trinajstić information content (AvgIpc) is 2.76. The largest absolute Gasteiger partial charge is 0.417 e. The van der Waals surface area contributed by atoms with Crippen LogP contribution in [0.1, 0.15) is 16.1 Å². The molecule has 0 aliphatic heterocycles. The number of hydrogen-bond donors (Lipinski definition) is 1. The number of thiazole rings is 1. The van der Waals surface area contributed by atoms with Crippen molar-refractivity contribution in [1.29, 1.82) is 0 Å². The van der Waals surface area contributed by atoms with Gasteiger partial charge in [-0.15, -0.1) is 11.3 Å². The van der Waals surface area contributed by atoms with Crippen LogP contribution in [0, 0.1) is 6.92 Å². The highest BCUT2D eigenvalue weighted by Crippen LogP contribution is 2.36. The highest BCUT2D eigenvalue weighted by atomic mass is 79.9. The average molecular weight is 365 g/mol. The van der Waals surface area contributed by atoms with E-state index in [9.17, 15) is 13.2 Å². The molecule has 0 amide bonds. The predicted octanol–water partition coefficient (Wildman–Crippen LogP) is 4.89. The molecule has 2 rings (SSSR count). The van der Waals surface area contributed by atoms with Gasteiger partial charge in [-0.2, -0.15) is 13.2 Å². The van der Waals surface area contributed by atoms with Crippen LogP contribution >= 0.6 is 27.3 Å². The summed E-state index contributed by atoms with van der Waals surface area (Å²) >= 11 is 4.48. The number of nitrogens with one attached hydrogen (secondary N) is 1. The van der Waals surface area contributed by atoms with Gasteiger partial charge in [-0.05, 0) is 25.1 Å². The lowest BCUT2D eigenvalue weighted by Gasteiger charge is -2.12. The lowest BCUT2D eigenvalue weighted by Crippen LogP contribution is -2.09. The molecule has 2 aromatic rings. The van der Waals surface area contributed by atoms with Crippen LogP contribution in [0.25, 0.3) is 0 Å². The van der Waals surface area contributed by atoms with Gasteiger partial charge < -0.3 is 5.32 Å². The number of aryl methyl sites for hydroxylation is 1. The predicted molar refractivity (Wildman–Crippen MR) is 78.2 cm³/mol. The van der Waals surface area contributed by atoms with E-state index in [4.69, 9.17) is 0 Å². The second-order valence-corrected chi connectivity index (χ2v) is 6.02. The molecule has 1 aromatic carbocycles. The second kappa shape index (κ2) is 6.13. The summed E-state index contributed by atoms with van der Waals surface area (Å²) < 4.78 is 38.3. The number of aromatic nitrogens is 1. The number of halogens is 4. The lowest BCUT2D eigenvalue weighted by atomic mass is 10.2. The highest BCUT2D eigenvalue weighted by molar-refractivity contribution is 9.10. The Morgan fingerprint density at radius 2 is 2.10 bits per heavy atom. The van der Waals surface area contributed by atoms with Crippen LogP contribution in [0.2, 0.25) is 0 Å². The quantitative estimate of drug-likeness (QED) is 0.835. The molecular weight excluding hydrogens is 353 g/mol. The summed E-state index contributed by atoms with van der Waals surface area (Å²) in [5, 5.41) is 3.01. The van der Waals surface area contributed by atoms with Gasteiger partial charge in [0, 0.05) is 28.0 Å². The van der Waals surface area contributed by atoms with Gasteiger partial charge >= 0.3 is 6.18 Å². The molecule has 0 fully saturated rings. The molecule has 0 saturated heterocycles. The van der Waals surface area contributed by atoms with E-state index < -0.39 is 11.7 Å². The molecule has 7 heteroatoms. The van der Waals surface area contributed by atoms with Crippen LogP contribution in [0.5, 0.6) is 0 Å². The molecule has 0 aliphatic carbocycles. The zero-order chi connectivity index (χ0) is 14.8. The zero-order valence-electron chi connectivity index (χ0n) is 10.6. The number of hydrogen-bond acceptors (Lipinski definition) is 3. The van der Waals surface area contributed by atoms with Crippen LogP contribution in [0.3, 0.4) is 0 Å². The van der Waals surface area contributed by atoms with Gasteiger partial charge in [-0.25, -0.2) is 4.98 Å². The Morgan fingerprint density at radius 1 is 1.35 bits per heavy atom. The first kappa shape index (κ1) is 15.3. The van der Waals surface area contributed by atoms with Crippen molar-refractivity contribution in [3.8, 4) is 0 Å². The summed E-state index contributed by atoms with van der Waals surface area (Å²) in [5.41, 5.74) is 2.54. The third-order valence-electron chi connectivity index (χ3n) is 2.80. The minimum absolute atomic E-state index is 0.0499. The number of benzene rings is 1. The van der Waals surface area contributed by atoms with Gasteiger partial charge in [0.25, 0.3) is 0 Å². The zero-order valence-corrected chi connectivity index (χ0v) is 13.0. The van der Waals surface area contributed by atoms with Gasteiger partial charge in [0.2, 0.25) is 0 Å². The Balaban J connectivity index is 2.02. The first-order valence-electron chi connectivity index (χ1n) is 5.87. The van der Waals surface area contributed by atoms with Crippen molar-refractivity contribution in [1.82, 2.24) is 4.98 Å². The highest BCUT2D eigenvalue weighted by Gasteiger charge is 2.33. The van der Waals surface area contributed by atoms with Crippen LogP contribution in [-0.2, 0) is 12.6 Å². The standard InChI is InChI=1S/C13H12BrF3N2S/c1-8-12(20-7-19-8)4-5-18-9-2-3-11(14)10(6-9)13(15,16)17/h2-3,6-7,18H,4-5H2,1H3. The molecule has 20 heavy (non-hydrogen) atoms. The van der Waals surface area contributed by atoms with Crippen LogP contribution in [0.15, 0.2) is 28.2 Å². The van der Waals surface area contributed by atoms with E-state index >= 15 is 0 Å². The van der Waals surface area contributed by atoms with Crippen LogP contribution < -0.4 is 5.32 Å². The van der Waals surface area contributed by atoms with Crippen molar-refractivity contribution in [3.05, 3.63) is 44.3 Å². The summed E-state index contributed by atoms with van der Waals surface area (Å²) in [7, 11) is 0. The van der Waals surface area contributed by atoms with Crippen LogP contribution in [-0.4, -0.2) is 11.5 Å². The molecular formula is C13H12BrF3N2S. The maximum absolute atomic E-state index is 12.8. The van der Waals surface area contributed by atoms with Gasteiger partial charge in [0.05, 0.1) is 16.8 Å². The second-order valence-electron chi connectivity index (χ2n) is 4.23. The van der Waals surface area contributed by atoms with E-state index in [-0.39, 0.29) is 4.47 Å². The minimum atomic E-state index is -4.36. The summed E-state index contributed by atoms with van der Waals surface area (Å²) in [5.74, 6) is 0. The number of nitrogens with zero attached hydrogens (tertiary/aromatic N) is 1. The summed E-state index contributed by atoms with van der Waals surface area (Å²) in [6.45, 7) is 2.50. The fourth-order valence-electron chi connectivity index (χ4n) is 1.74. The molecule has 1 aromatic heterocycles. The van der Waals surface area contributed by atoms with Crippen molar-refractivity contribution in [2.75, 3.05) is 11.9 Å². The Bertz CT molecular complexity index is 596. The first-order chi connectivity index (χ1) is 9.38. The van der Waals surface area contributed by atoms with E-state index in [2.05, 4.69) is 26.2 Å². The van der Waals surface area contributed by atoms with Crippen molar-refractivity contribution >= 4 is 33.0 Å². The number of anilines is 1. The Morgan fingerprint density at radius 3 is 2.70 bits per heavy atom. The molecule has 1 heterocycles. The van der Waals surface area contributed by atoms with Crippen molar-refractivity contribution < 1.29 is 13.2 Å². The fraction of sp³-hybridized carbons (Fsp3) is 0.308. The van der Waals surface area contributed by atoms with E-state index in [1.54, 1.807) is 22.9 Å². The van der Waals surface area contributed by atoms with E-state index in [0.29, 0.717) is 12.2 Å². The van der Waals surface area contributed by atoms with E-state index in [1.165, 1.54) is 6.07 Å². The minimum Gasteiger partial charge on any atom is -0.385 e. The molecule has 0 aliphatic rings. The topological polar surface area (TPSA) is 24.9 Å². The maximum Gasteiger partial charge on any atom is 0.417 e.